The summed E-state index contributed by atoms with van der Waals surface area (Å²) < 4.78 is 3.33. The lowest BCUT2D eigenvalue weighted by atomic mass is 9.92. The van der Waals surface area contributed by atoms with Crippen LogP contribution in [0.3, 0.4) is 0 Å². The molecule has 4 aromatic rings. The molecular weight excluding hydrogens is 412 g/mol. The average Bonchev–Trinajstić information content (AvgIpc) is 3.38. The highest BCUT2D eigenvalue weighted by Gasteiger charge is 2.22. The first-order chi connectivity index (χ1) is 14.8. The van der Waals surface area contributed by atoms with E-state index in [4.69, 9.17) is 11.6 Å². The second kappa shape index (κ2) is 8.35. The number of nitrogens with one attached hydrogen (secondary N) is 1. The molecule has 3 aromatic heterocycles. The number of aromatic nitrogens is 5. The Balaban J connectivity index is 1.58. The third-order valence-corrected chi connectivity index (χ3v) is 5.14. The Morgan fingerprint density at radius 2 is 1.90 bits per heavy atom. The van der Waals surface area contributed by atoms with Gasteiger partial charge >= 0.3 is 0 Å². The predicted molar refractivity (Wildman–Crippen MR) is 121 cm³/mol. The van der Waals surface area contributed by atoms with Gasteiger partial charge in [0.2, 0.25) is 0 Å². The molecule has 0 fully saturated rings. The molecule has 1 aromatic carbocycles. The second-order valence-electron chi connectivity index (χ2n) is 8.24. The second-order valence-corrected chi connectivity index (χ2v) is 8.64. The summed E-state index contributed by atoms with van der Waals surface area (Å²) >= 11 is 6.23. The fourth-order valence-electron chi connectivity index (χ4n) is 3.05. The highest BCUT2D eigenvalue weighted by molar-refractivity contribution is 6.31. The molecule has 3 heterocycles. The summed E-state index contributed by atoms with van der Waals surface area (Å²) in [5, 5.41) is 12.6. The van der Waals surface area contributed by atoms with Crippen LogP contribution in [0.25, 0.3) is 5.82 Å². The molecule has 0 aliphatic heterocycles. The van der Waals surface area contributed by atoms with Crippen molar-refractivity contribution in [2.75, 3.05) is 5.32 Å². The lowest BCUT2D eigenvalue weighted by Crippen LogP contribution is -2.15. The topological polar surface area (TPSA) is 77.6 Å². The quantitative estimate of drug-likeness (QED) is 0.493. The SMILES string of the molecule is CC(C)(C)c1cc(NC(=O)c2cnn(Cc3ccccc3Cl)c2)n(-c2ccccn2)n1. The minimum atomic E-state index is -0.275. The Kier molecular flexibility index (Phi) is 5.61. The first-order valence-corrected chi connectivity index (χ1v) is 10.3. The Morgan fingerprint density at radius 1 is 1.13 bits per heavy atom. The maximum absolute atomic E-state index is 12.9. The minimum absolute atomic E-state index is 0.181. The van der Waals surface area contributed by atoms with E-state index in [1.165, 1.54) is 0 Å². The molecule has 8 heteroatoms. The standard InChI is InChI=1S/C23H23ClN6O/c1-23(2,3)19-12-21(30(28-19)20-10-6-7-11-25-20)27-22(31)17-13-26-29(15-17)14-16-8-4-5-9-18(16)24/h4-13,15H,14H2,1-3H3,(H,27,31). The molecule has 0 bridgehead atoms. The highest BCUT2D eigenvalue weighted by atomic mass is 35.5. The molecule has 31 heavy (non-hydrogen) atoms. The summed E-state index contributed by atoms with van der Waals surface area (Å²) in [6.07, 6.45) is 4.93. The van der Waals surface area contributed by atoms with Crippen LogP contribution in [0.5, 0.6) is 0 Å². The maximum atomic E-state index is 12.9. The van der Waals surface area contributed by atoms with Gasteiger partial charge in [-0.1, -0.05) is 56.6 Å². The Hall–Kier alpha value is -3.45. The molecule has 0 aliphatic carbocycles. The van der Waals surface area contributed by atoms with E-state index >= 15 is 0 Å². The Labute approximate surface area is 185 Å². The van der Waals surface area contributed by atoms with Crippen LogP contribution in [0.15, 0.2) is 67.1 Å². The molecule has 158 valence electrons. The van der Waals surface area contributed by atoms with Gasteiger partial charge in [0.15, 0.2) is 5.82 Å². The van der Waals surface area contributed by atoms with E-state index in [0.717, 1.165) is 11.3 Å². The minimum Gasteiger partial charge on any atom is -0.306 e. The number of rotatable bonds is 5. The van der Waals surface area contributed by atoms with E-state index in [1.54, 1.807) is 28.0 Å². The van der Waals surface area contributed by atoms with Crippen molar-refractivity contribution in [2.45, 2.75) is 32.7 Å². The normalized spacial score (nSPS) is 11.5. The van der Waals surface area contributed by atoms with Crippen molar-refractivity contribution in [1.29, 1.82) is 0 Å². The Morgan fingerprint density at radius 3 is 2.61 bits per heavy atom. The fourth-order valence-corrected chi connectivity index (χ4v) is 3.24. The van der Waals surface area contributed by atoms with Crippen LogP contribution in [0.2, 0.25) is 5.02 Å². The summed E-state index contributed by atoms with van der Waals surface area (Å²) in [7, 11) is 0. The number of hydrogen-bond acceptors (Lipinski definition) is 4. The van der Waals surface area contributed by atoms with Crippen LogP contribution >= 0.6 is 11.6 Å². The van der Waals surface area contributed by atoms with Gasteiger partial charge in [0.25, 0.3) is 5.91 Å². The largest absolute Gasteiger partial charge is 0.306 e. The summed E-state index contributed by atoms with van der Waals surface area (Å²) in [6.45, 7) is 6.69. The van der Waals surface area contributed by atoms with Crippen molar-refractivity contribution in [3.63, 3.8) is 0 Å². The smallest absolute Gasteiger partial charge is 0.260 e. The Bertz CT molecular complexity index is 1210. The van der Waals surface area contributed by atoms with E-state index < -0.39 is 0 Å². The average molecular weight is 435 g/mol. The van der Waals surface area contributed by atoms with E-state index in [1.807, 2.05) is 48.5 Å². The van der Waals surface area contributed by atoms with Crippen LogP contribution in [0.1, 0.15) is 42.4 Å². The van der Waals surface area contributed by atoms with E-state index in [9.17, 15) is 4.79 Å². The van der Waals surface area contributed by atoms with Crippen molar-refractivity contribution in [2.24, 2.45) is 0 Å². The van der Waals surface area contributed by atoms with Crippen molar-refractivity contribution < 1.29 is 4.79 Å². The van der Waals surface area contributed by atoms with Gasteiger partial charge < -0.3 is 5.32 Å². The van der Waals surface area contributed by atoms with Gasteiger partial charge in [-0.25, -0.2) is 4.98 Å². The first-order valence-electron chi connectivity index (χ1n) is 9.90. The zero-order chi connectivity index (χ0) is 22.0. The van der Waals surface area contributed by atoms with Crippen molar-refractivity contribution in [1.82, 2.24) is 24.5 Å². The van der Waals surface area contributed by atoms with Crippen LogP contribution in [0.4, 0.5) is 5.82 Å². The van der Waals surface area contributed by atoms with Crippen molar-refractivity contribution in [3.8, 4) is 5.82 Å². The molecule has 0 aliphatic rings. The number of pyridine rings is 1. The number of hydrogen-bond donors (Lipinski definition) is 1. The van der Waals surface area contributed by atoms with Crippen LogP contribution in [0, 0.1) is 0 Å². The monoisotopic (exact) mass is 434 g/mol. The summed E-state index contributed by atoms with van der Waals surface area (Å²) in [5.41, 5.74) is 2.04. The molecule has 1 N–H and O–H groups in total. The third-order valence-electron chi connectivity index (χ3n) is 4.77. The van der Waals surface area contributed by atoms with Gasteiger partial charge in [-0.2, -0.15) is 14.9 Å². The zero-order valence-corrected chi connectivity index (χ0v) is 18.3. The molecule has 0 saturated carbocycles. The zero-order valence-electron chi connectivity index (χ0n) is 17.6. The maximum Gasteiger partial charge on any atom is 0.260 e. The summed E-state index contributed by atoms with van der Waals surface area (Å²) in [4.78, 5) is 17.3. The number of carbonyl (C=O) groups excluding carboxylic acids is 1. The predicted octanol–water partition coefficient (Wildman–Crippen LogP) is 4.72. The molecule has 7 nitrogen and oxygen atoms in total. The number of carbonyl (C=O) groups is 1. The van der Waals surface area contributed by atoms with Crippen molar-refractivity contribution in [3.05, 3.63) is 89.0 Å². The van der Waals surface area contributed by atoms with Gasteiger partial charge in [-0.15, -0.1) is 0 Å². The van der Waals surface area contributed by atoms with E-state index in [2.05, 4.69) is 41.3 Å². The molecule has 4 rings (SSSR count). The molecule has 0 radical (unpaired) electrons. The number of nitrogens with zero attached hydrogens (tertiary/aromatic N) is 5. The molecular formula is C23H23ClN6O. The van der Waals surface area contributed by atoms with Gasteiger partial charge in [0.05, 0.1) is 24.0 Å². The molecule has 0 atom stereocenters. The fraction of sp³-hybridized carbons (Fsp3) is 0.217. The van der Waals surface area contributed by atoms with Gasteiger partial charge in [0.1, 0.15) is 5.82 Å². The molecule has 0 unspecified atom stereocenters. The van der Waals surface area contributed by atoms with Crippen molar-refractivity contribution >= 4 is 23.3 Å². The number of amides is 1. The third kappa shape index (κ3) is 4.67. The highest BCUT2D eigenvalue weighted by Crippen LogP contribution is 2.26. The number of anilines is 1. The molecule has 0 saturated heterocycles. The molecule has 0 spiro atoms. The van der Waals surface area contributed by atoms with Crippen LogP contribution in [-0.4, -0.2) is 30.5 Å². The van der Waals surface area contributed by atoms with Gasteiger partial charge in [0, 0.05) is 28.9 Å². The molecule has 1 amide bonds. The van der Waals surface area contributed by atoms with Crippen LogP contribution in [-0.2, 0) is 12.0 Å². The number of benzene rings is 1. The lowest BCUT2D eigenvalue weighted by Gasteiger charge is -2.13. The van der Waals surface area contributed by atoms with E-state index in [0.29, 0.717) is 28.8 Å². The summed E-state index contributed by atoms with van der Waals surface area (Å²) in [5.74, 6) is 0.901. The van der Waals surface area contributed by atoms with Gasteiger partial charge in [-0.3, -0.25) is 9.48 Å². The van der Waals surface area contributed by atoms with E-state index in [-0.39, 0.29) is 11.3 Å². The van der Waals surface area contributed by atoms with Crippen LogP contribution < -0.4 is 5.32 Å². The lowest BCUT2D eigenvalue weighted by molar-refractivity contribution is 0.102. The van der Waals surface area contributed by atoms with Gasteiger partial charge in [-0.05, 0) is 23.8 Å². The number of halogens is 1. The first kappa shape index (κ1) is 20.8. The summed E-state index contributed by atoms with van der Waals surface area (Å²) in [6, 6.07) is 15.0.